The van der Waals surface area contributed by atoms with Crippen molar-refractivity contribution in [2.45, 2.75) is 27.7 Å². The molecule has 0 heterocycles. The fraction of sp³-hybridized carbons (Fsp3) is 0.533. The van der Waals surface area contributed by atoms with Crippen LogP contribution in [0.2, 0.25) is 0 Å². The van der Waals surface area contributed by atoms with Crippen LogP contribution in [0, 0.1) is 12.8 Å². The molecule has 0 radical (unpaired) electrons. The number of benzene rings is 1. The standard InChI is InChI=1S/C15H24N2O/c1-5-17(6-2)11-13(4)15(18)16-14-9-7-12(3)8-10-14/h7-10,13H,5-6,11H2,1-4H3,(H,16,18). The third kappa shape index (κ3) is 4.49. The minimum Gasteiger partial charge on any atom is -0.326 e. The number of nitrogens with one attached hydrogen (secondary N) is 1. The van der Waals surface area contributed by atoms with Crippen molar-refractivity contribution in [3.63, 3.8) is 0 Å². The van der Waals surface area contributed by atoms with Gasteiger partial charge in [0.15, 0.2) is 0 Å². The predicted octanol–water partition coefficient (Wildman–Crippen LogP) is 2.91. The van der Waals surface area contributed by atoms with Crippen LogP contribution in [0.3, 0.4) is 0 Å². The van der Waals surface area contributed by atoms with Gasteiger partial charge in [0.2, 0.25) is 5.91 Å². The lowest BCUT2D eigenvalue weighted by molar-refractivity contribution is -0.119. The predicted molar refractivity (Wildman–Crippen MR) is 76.8 cm³/mol. The summed E-state index contributed by atoms with van der Waals surface area (Å²) in [5.41, 5.74) is 2.07. The molecule has 1 aromatic carbocycles. The van der Waals surface area contributed by atoms with E-state index in [1.165, 1.54) is 5.56 Å². The van der Waals surface area contributed by atoms with Gasteiger partial charge in [0.1, 0.15) is 0 Å². The van der Waals surface area contributed by atoms with Crippen LogP contribution in [0.4, 0.5) is 5.69 Å². The summed E-state index contributed by atoms with van der Waals surface area (Å²) in [5.74, 6) is 0.0944. The van der Waals surface area contributed by atoms with Gasteiger partial charge in [0.05, 0.1) is 0 Å². The van der Waals surface area contributed by atoms with Crippen molar-refractivity contribution in [3.05, 3.63) is 29.8 Å². The lowest BCUT2D eigenvalue weighted by Gasteiger charge is -2.22. The third-order valence-corrected chi connectivity index (χ3v) is 3.19. The first-order valence-corrected chi connectivity index (χ1v) is 6.66. The van der Waals surface area contributed by atoms with Gasteiger partial charge in [0, 0.05) is 18.2 Å². The highest BCUT2D eigenvalue weighted by Gasteiger charge is 2.15. The Morgan fingerprint density at radius 1 is 1.22 bits per heavy atom. The molecular formula is C15H24N2O. The van der Waals surface area contributed by atoms with Gasteiger partial charge >= 0.3 is 0 Å². The van der Waals surface area contributed by atoms with Crippen molar-refractivity contribution in [2.24, 2.45) is 5.92 Å². The Bertz CT molecular complexity index is 369. The monoisotopic (exact) mass is 248 g/mol. The Morgan fingerprint density at radius 2 is 1.78 bits per heavy atom. The number of carbonyl (C=O) groups excluding carboxylic acids is 1. The summed E-state index contributed by atoms with van der Waals surface area (Å²) in [5, 5.41) is 2.96. The molecule has 1 atom stereocenters. The normalized spacial score (nSPS) is 12.5. The van der Waals surface area contributed by atoms with Crippen molar-refractivity contribution in [2.75, 3.05) is 25.0 Å². The fourth-order valence-corrected chi connectivity index (χ4v) is 1.85. The maximum absolute atomic E-state index is 12.0. The SMILES string of the molecule is CCN(CC)CC(C)C(=O)Nc1ccc(C)cc1. The second kappa shape index (κ2) is 7.17. The van der Waals surface area contributed by atoms with E-state index in [2.05, 4.69) is 24.1 Å². The lowest BCUT2D eigenvalue weighted by Crippen LogP contribution is -2.34. The summed E-state index contributed by atoms with van der Waals surface area (Å²) in [6.07, 6.45) is 0. The molecular weight excluding hydrogens is 224 g/mol. The maximum atomic E-state index is 12.0. The van der Waals surface area contributed by atoms with Crippen LogP contribution in [0.25, 0.3) is 0 Å². The number of amides is 1. The van der Waals surface area contributed by atoms with E-state index in [0.717, 1.165) is 25.3 Å². The van der Waals surface area contributed by atoms with Crippen molar-refractivity contribution in [1.82, 2.24) is 4.90 Å². The molecule has 0 saturated carbocycles. The Balaban J connectivity index is 2.51. The van der Waals surface area contributed by atoms with Crippen LogP contribution in [0.5, 0.6) is 0 Å². The number of hydrogen-bond donors (Lipinski definition) is 1. The van der Waals surface area contributed by atoms with Crippen LogP contribution in [-0.2, 0) is 4.79 Å². The molecule has 0 aliphatic heterocycles. The number of hydrogen-bond acceptors (Lipinski definition) is 2. The lowest BCUT2D eigenvalue weighted by atomic mass is 10.1. The smallest absolute Gasteiger partial charge is 0.228 e. The highest BCUT2D eigenvalue weighted by Crippen LogP contribution is 2.11. The molecule has 1 amide bonds. The Labute approximate surface area is 110 Å². The van der Waals surface area contributed by atoms with Gasteiger partial charge in [-0.05, 0) is 32.1 Å². The first-order chi connectivity index (χ1) is 8.56. The molecule has 3 heteroatoms. The van der Waals surface area contributed by atoms with Gasteiger partial charge in [-0.15, -0.1) is 0 Å². The largest absolute Gasteiger partial charge is 0.326 e. The number of aryl methyl sites for hydroxylation is 1. The van der Waals surface area contributed by atoms with Gasteiger partial charge in [-0.1, -0.05) is 38.5 Å². The van der Waals surface area contributed by atoms with Gasteiger partial charge in [-0.25, -0.2) is 0 Å². The minimum atomic E-state index is 0.00574. The summed E-state index contributed by atoms with van der Waals surface area (Å²) in [6, 6.07) is 7.89. The molecule has 18 heavy (non-hydrogen) atoms. The highest BCUT2D eigenvalue weighted by molar-refractivity contribution is 5.92. The zero-order chi connectivity index (χ0) is 13.5. The van der Waals surface area contributed by atoms with E-state index in [9.17, 15) is 4.79 Å². The van der Waals surface area contributed by atoms with Crippen molar-refractivity contribution in [3.8, 4) is 0 Å². The summed E-state index contributed by atoms with van der Waals surface area (Å²) in [7, 11) is 0. The molecule has 1 unspecified atom stereocenters. The molecule has 0 bridgehead atoms. The molecule has 0 saturated heterocycles. The zero-order valence-corrected chi connectivity index (χ0v) is 11.9. The fourth-order valence-electron chi connectivity index (χ4n) is 1.85. The van der Waals surface area contributed by atoms with Crippen LogP contribution in [0.15, 0.2) is 24.3 Å². The van der Waals surface area contributed by atoms with E-state index in [1.807, 2.05) is 38.1 Å². The van der Waals surface area contributed by atoms with Crippen LogP contribution < -0.4 is 5.32 Å². The summed E-state index contributed by atoms with van der Waals surface area (Å²) in [4.78, 5) is 14.3. The quantitative estimate of drug-likeness (QED) is 0.839. The summed E-state index contributed by atoms with van der Waals surface area (Å²) < 4.78 is 0. The number of anilines is 1. The highest BCUT2D eigenvalue weighted by atomic mass is 16.1. The van der Waals surface area contributed by atoms with Crippen LogP contribution >= 0.6 is 0 Å². The molecule has 0 aliphatic carbocycles. The topological polar surface area (TPSA) is 32.3 Å². The second-order valence-electron chi connectivity index (χ2n) is 4.74. The maximum Gasteiger partial charge on any atom is 0.228 e. The first kappa shape index (κ1) is 14.7. The average molecular weight is 248 g/mol. The molecule has 1 N–H and O–H groups in total. The van der Waals surface area contributed by atoms with E-state index < -0.39 is 0 Å². The molecule has 3 nitrogen and oxygen atoms in total. The van der Waals surface area contributed by atoms with Gasteiger partial charge < -0.3 is 10.2 Å². The molecule has 0 fully saturated rings. The van der Waals surface area contributed by atoms with Crippen molar-refractivity contribution < 1.29 is 4.79 Å². The van der Waals surface area contributed by atoms with Crippen LogP contribution in [0.1, 0.15) is 26.3 Å². The van der Waals surface area contributed by atoms with Gasteiger partial charge in [0.25, 0.3) is 0 Å². The van der Waals surface area contributed by atoms with E-state index in [4.69, 9.17) is 0 Å². The van der Waals surface area contributed by atoms with Gasteiger partial charge in [-0.3, -0.25) is 4.79 Å². The van der Waals surface area contributed by atoms with Crippen molar-refractivity contribution in [1.29, 1.82) is 0 Å². The Morgan fingerprint density at radius 3 is 2.28 bits per heavy atom. The molecule has 0 aliphatic rings. The van der Waals surface area contributed by atoms with E-state index in [0.29, 0.717) is 0 Å². The summed E-state index contributed by atoms with van der Waals surface area (Å²) >= 11 is 0. The Hall–Kier alpha value is -1.35. The van der Waals surface area contributed by atoms with Gasteiger partial charge in [-0.2, -0.15) is 0 Å². The number of nitrogens with zero attached hydrogens (tertiary/aromatic N) is 1. The number of rotatable bonds is 6. The Kier molecular flexibility index (Phi) is 5.86. The third-order valence-electron chi connectivity index (χ3n) is 3.19. The molecule has 0 spiro atoms. The number of carbonyl (C=O) groups is 1. The average Bonchev–Trinajstić information content (AvgIpc) is 2.38. The molecule has 1 rings (SSSR count). The van der Waals surface area contributed by atoms with E-state index in [1.54, 1.807) is 0 Å². The zero-order valence-electron chi connectivity index (χ0n) is 11.9. The molecule has 100 valence electrons. The first-order valence-electron chi connectivity index (χ1n) is 6.66. The molecule has 0 aromatic heterocycles. The molecule has 1 aromatic rings. The van der Waals surface area contributed by atoms with Crippen LogP contribution in [-0.4, -0.2) is 30.4 Å². The minimum absolute atomic E-state index is 0.00574. The van der Waals surface area contributed by atoms with E-state index >= 15 is 0 Å². The summed E-state index contributed by atoms with van der Waals surface area (Å²) in [6.45, 7) is 11.0. The van der Waals surface area contributed by atoms with Crippen molar-refractivity contribution >= 4 is 11.6 Å². The second-order valence-corrected chi connectivity index (χ2v) is 4.74. The van der Waals surface area contributed by atoms with E-state index in [-0.39, 0.29) is 11.8 Å².